The monoisotopic (exact) mass is 310 g/mol. The molecule has 0 fully saturated rings. The van der Waals surface area contributed by atoms with Crippen molar-refractivity contribution in [1.29, 1.82) is 0 Å². The van der Waals surface area contributed by atoms with Crippen LogP contribution in [0.25, 0.3) is 0 Å². The van der Waals surface area contributed by atoms with Gasteiger partial charge in [0, 0.05) is 6.54 Å². The summed E-state index contributed by atoms with van der Waals surface area (Å²) >= 11 is 0. The van der Waals surface area contributed by atoms with E-state index in [2.05, 4.69) is 22.8 Å². The SMILES string of the molecule is CNCCCCC(CNC)c1cc(OC)c(OC)c(OC)c1. The van der Waals surface area contributed by atoms with Crippen molar-refractivity contribution >= 4 is 0 Å². The van der Waals surface area contributed by atoms with E-state index in [0.29, 0.717) is 23.2 Å². The van der Waals surface area contributed by atoms with E-state index in [-0.39, 0.29) is 0 Å². The van der Waals surface area contributed by atoms with Crippen LogP contribution in [0.4, 0.5) is 0 Å². The molecule has 0 spiro atoms. The molecule has 126 valence electrons. The molecule has 0 radical (unpaired) electrons. The Labute approximate surface area is 134 Å². The largest absolute Gasteiger partial charge is 0.493 e. The van der Waals surface area contributed by atoms with Gasteiger partial charge in [0.25, 0.3) is 0 Å². The van der Waals surface area contributed by atoms with E-state index in [4.69, 9.17) is 14.2 Å². The highest BCUT2D eigenvalue weighted by atomic mass is 16.5. The summed E-state index contributed by atoms with van der Waals surface area (Å²) in [5.41, 5.74) is 1.22. The zero-order valence-corrected chi connectivity index (χ0v) is 14.5. The molecule has 0 aliphatic carbocycles. The van der Waals surface area contributed by atoms with E-state index >= 15 is 0 Å². The van der Waals surface area contributed by atoms with Crippen molar-refractivity contribution in [3.05, 3.63) is 17.7 Å². The van der Waals surface area contributed by atoms with Crippen molar-refractivity contribution in [3.8, 4) is 17.2 Å². The molecule has 1 rings (SSSR count). The minimum Gasteiger partial charge on any atom is -0.493 e. The molecule has 0 aliphatic rings. The summed E-state index contributed by atoms with van der Waals surface area (Å²) < 4.78 is 16.3. The summed E-state index contributed by atoms with van der Waals surface area (Å²) in [7, 11) is 8.91. The van der Waals surface area contributed by atoms with Gasteiger partial charge in [-0.3, -0.25) is 0 Å². The molecule has 0 saturated carbocycles. The molecule has 1 aromatic carbocycles. The zero-order chi connectivity index (χ0) is 16.4. The molecule has 5 heteroatoms. The van der Waals surface area contributed by atoms with Gasteiger partial charge in [0.15, 0.2) is 11.5 Å². The molecule has 0 heterocycles. The number of rotatable bonds is 11. The molecule has 0 bridgehead atoms. The van der Waals surface area contributed by atoms with Gasteiger partial charge in [0.1, 0.15) is 0 Å². The number of nitrogens with one attached hydrogen (secondary N) is 2. The highest BCUT2D eigenvalue weighted by Gasteiger charge is 2.18. The fourth-order valence-electron chi connectivity index (χ4n) is 2.66. The van der Waals surface area contributed by atoms with Gasteiger partial charge in [-0.05, 0) is 57.1 Å². The summed E-state index contributed by atoms with van der Waals surface area (Å²) in [6.07, 6.45) is 3.49. The van der Waals surface area contributed by atoms with Gasteiger partial charge in [-0.25, -0.2) is 0 Å². The molecule has 22 heavy (non-hydrogen) atoms. The van der Waals surface area contributed by atoms with Crippen LogP contribution in [0.5, 0.6) is 17.2 Å². The zero-order valence-electron chi connectivity index (χ0n) is 14.5. The van der Waals surface area contributed by atoms with Crippen LogP contribution in [0.2, 0.25) is 0 Å². The molecule has 0 aromatic heterocycles. The molecular formula is C17H30N2O3. The van der Waals surface area contributed by atoms with Crippen LogP contribution in [0, 0.1) is 0 Å². The number of unbranched alkanes of at least 4 members (excludes halogenated alkanes) is 1. The van der Waals surface area contributed by atoms with Gasteiger partial charge in [0.05, 0.1) is 21.3 Å². The number of hydrogen-bond donors (Lipinski definition) is 2. The molecule has 5 nitrogen and oxygen atoms in total. The van der Waals surface area contributed by atoms with E-state index in [0.717, 1.165) is 19.5 Å². The fraction of sp³-hybridized carbons (Fsp3) is 0.647. The molecule has 0 amide bonds. The van der Waals surface area contributed by atoms with Gasteiger partial charge in [-0.15, -0.1) is 0 Å². The Morgan fingerprint density at radius 2 is 1.55 bits per heavy atom. The van der Waals surface area contributed by atoms with Crippen LogP contribution < -0.4 is 24.8 Å². The van der Waals surface area contributed by atoms with Crippen molar-refractivity contribution in [2.75, 3.05) is 48.5 Å². The summed E-state index contributed by atoms with van der Waals surface area (Å²) in [6.45, 7) is 1.99. The van der Waals surface area contributed by atoms with Crippen LogP contribution in [-0.2, 0) is 0 Å². The van der Waals surface area contributed by atoms with Crippen LogP contribution in [0.1, 0.15) is 30.7 Å². The van der Waals surface area contributed by atoms with Crippen molar-refractivity contribution in [1.82, 2.24) is 10.6 Å². The first-order valence-electron chi connectivity index (χ1n) is 7.80. The van der Waals surface area contributed by atoms with E-state index in [1.165, 1.54) is 18.4 Å². The maximum Gasteiger partial charge on any atom is 0.203 e. The van der Waals surface area contributed by atoms with E-state index in [1.807, 2.05) is 14.1 Å². The first-order chi connectivity index (χ1) is 10.7. The Bertz CT molecular complexity index is 413. The smallest absolute Gasteiger partial charge is 0.203 e. The Balaban J connectivity index is 2.97. The topological polar surface area (TPSA) is 51.8 Å². The third kappa shape index (κ3) is 5.07. The second kappa shape index (κ2) is 10.3. The maximum absolute atomic E-state index is 5.46. The van der Waals surface area contributed by atoms with Crippen LogP contribution in [0.3, 0.4) is 0 Å². The quantitative estimate of drug-likeness (QED) is 0.615. The van der Waals surface area contributed by atoms with E-state index in [1.54, 1.807) is 21.3 Å². The number of hydrogen-bond acceptors (Lipinski definition) is 5. The molecule has 2 N–H and O–H groups in total. The van der Waals surface area contributed by atoms with Crippen LogP contribution in [0.15, 0.2) is 12.1 Å². The Morgan fingerprint density at radius 3 is 2.00 bits per heavy atom. The third-order valence-corrected chi connectivity index (χ3v) is 3.84. The molecule has 0 saturated heterocycles. The Kier molecular flexibility index (Phi) is 8.70. The second-order valence-electron chi connectivity index (χ2n) is 5.31. The lowest BCUT2D eigenvalue weighted by molar-refractivity contribution is 0.323. The minimum atomic E-state index is 0.426. The normalized spacial score (nSPS) is 12.0. The summed E-state index contributed by atoms with van der Waals surface area (Å²) in [6, 6.07) is 4.11. The Morgan fingerprint density at radius 1 is 0.909 bits per heavy atom. The minimum absolute atomic E-state index is 0.426. The summed E-state index contributed by atoms with van der Waals surface area (Å²) in [5, 5.41) is 6.47. The number of likely N-dealkylation sites (N-methyl/N-ethyl adjacent to an activating group) is 1. The molecule has 1 unspecified atom stereocenters. The molecule has 1 atom stereocenters. The second-order valence-corrected chi connectivity index (χ2v) is 5.31. The lowest BCUT2D eigenvalue weighted by atomic mass is 9.92. The number of ether oxygens (including phenoxy) is 3. The van der Waals surface area contributed by atoms with E-state index < -0.39 is 0 Å². The highest BCUT2D eigenvalue weighted by molar-refractivity contribution is 5.54. The van der Waals surface area contributed by atoms with E-state index in [9.17, 15) is 0 Å². The average Bonchev–Trinajstić information content (AvgIpc) is 2.56. The van der Waals surface area contributed by atoms with Gasteiger partial charge >= 0.3 is 0 Å². The van der Waals surface area contributed by atoms with Crippen molar-refractivity contribution in [2.45, 2.75) is 25.2 Å². The van der Waals surface area contributed by atoms with Gasteiger partial charge in [-0.1, -0.05) is 6.42 Å². The standard InChI is InChI=1S/C17H30N2O3/c1-18-9-7-6-8-13(12-19-2)14-10-15(20-3)17(22-5)16(11-14)21-4/h10-11,13,18-19H,6-9,12H2,1-5H3. The van der Waals surface area contributed by atoms with Gasteiger partial charge < -0.3 is 24.8 Å². The lowest BCUT2D eigenvalue weighted by Crippen LogP contribution is -2.18. The lowest BCUT2D eigenvalue weighted by Gasteiger charge is -2.20. The van der Waals surface area contributed by atoms with Gasteiger partial charge in [0.2, 0.25) is 5.75 Å². The van der Waals surface area contributed by atoms with Crippen LogP contribution in [-0.4, -0.2) is 48.5 Å². The summed E-state index contributed by atoms with van der Waals surface area (Å²) in [5.74, 6) is 2.50. The average molecular weight is 310 g/mol. The fourth-order valence-corrected chi connectivity index (χ4v) is 2.66. The number of benzene rings is 1. The van der Waals surface area contributed by atoms with Crippen molar-refractivity contribution in [2.24, 2.45) is 0 Å². The predicted octanol–water partition coefficient (Wildman–Crippen LogP) is 2.41. The first kappa shape index (κ1) is 18.6. The Hall–Kier alpha value is -1.46. The molecular weight excluding hydrogens is 280 g/mol. The summed E-state index contributed by atoms with van der Waals surface area (Å²) in [4.78, 5) is 0. The predicted molar refractivity (Wildman–Crippen MR) is 90.5 cm³/mol. The third-order valence-electron chi connectivity index (χ3n) is 3.84. The molecule has 0 aliphatic heterocycles. The van der Waals surface area contributed by atoms with Gasteiger partial charge in [-0.2, -0.15) is 0 Å². The van der Waals surface area contributed by atoms with Crippen molar-refractivity contribution in [3.63, 3.8) is 0 Å². The molecule has 1 aromatic rings. The number of methoxy groups -OCH3 is 3. The first-order valence-corrected chi connectivity index (χ1v) is 7.80. The highest BCUT2D eigenvalue weighted by Crippen LogP contribution is 2.40. The maximum atomic E-state index is 5.46. The van der Waals surface area contributed by atoms with Crippen LogP contribution >= 0.6 is 0 Å². The van der Waals surface area contributed by atoms with Crippen molar-refractivity contribution < 1.29 is 14.2 Å².